The van der Waals surface area contributed by atoms with Gasteiger partial charge in [0.25, 0.3) is 0 Å². The Labute approximate surface area is 158 Å². The molecule has 8 heteroatoms. The van der Waals surface area contributed by atoms with Crippen LogP contribution in [0.4, 0.5) is 10.5 Å². The van der Waals surface area contributed by atoms with Crippen molar-refractivity contribution in [3.05, 3.63) is 65.2 Å². The molecule has 0 aromatic heterocycles. The molecule has 6 nitrogen and oxygen atoms in total. The fourth-order valence-electron chi connectivity index (χ4n) is 2.38. The van der Waals surface area contributed by atoms with Crippen LogP contribution in [0.25, 0.3) is 0 Å². The second-order valence-electron chi connectivity index (χ2n) is 5.30. The minimum Gasteiger partial charge on any atom is -0.320 e. The molecule has 0 spiro atoms. The van der Waals surface area contributed by atoms with Crippen molar-refractivity contribution in [3.63, 3.8) is 0 Å². The second kappa shape index (κ2) is 9.74. The van der Waals surface area contributed by atoms with E-state index in [1.165, 1.54) is 0 Å². The van der Waals surface area contributed by atoms with Crippen LogP contribution < -0.4 is 10.6 Å². The van der Waals surface area contributed by atoms with E-state index >= 15 is 0 Å². The summed E-state index contributed by atoms with van der Waals surface area (Å²) in [5.41, 5.74) is 1.14. The molecule has 2 rings (SSSR count). The molecule has 0 aliphatic rings. The molecule has 0 unspecified atom stereocenters. The van der Waals surface area contributed by atoms with Gasteiger partial charge in [-0.05, 0) is 37.6 Å². The quantitative estimate of drug-likeness (QED) is 0.583. The van der Waals surface area contributed by atoms with Gasteiger partial charge in [0.15, 0.2) is 5.78 Å². The van der Waals surface area contributed by atoms with Gasteiger partial charge < -0.3 is 19.7 Å². The Hall–Kier alpha value is -1.85. The van der Waals surface area contributed by atoms with Crippen molar-refractivity contribution in [2.75, 3.05) is 18.5 Å². The van der Waals surface area contributed by atoms with E-state index in [0.29, 0.717) is 16.3 Å². The van der Waals surface area contributed by atoms with E-state index in [1.807, 2.05) is 6.07 Å². The summed E-state index contributed by atoms with van der Waals surface area (Å²) in [6.45, 7) is 3.83. The minimum absolute atomic E-state index is 0.193. The SMILES string of the molecule is CCOP(=O)(OCC)[C@H](NC(=O)Nc1cccc(Cl)c1)c1ccccc1. The molecule has 0 saturated carbocycles. The Morgan fingerprint density at radius 3 is 2.31 bits per heavy atom. The van der Waals surface area contributed by atoms with Crippen LogP contribution in [-0.4, -0.2) is 19.2 Å². The first-order valence-corrected chi connectivity index (χ1v) is 10.2. The number of nitrogens with one attached hydrogen (secondary N) is 2. The highest BCUT2D eigenvalue weighted by molar-refractivity contribution is 7.54. The number of hydrogen-bond donors (Lipinski definition) is 2. The Kier molecular flexibility index (Phi) is 7.66. The van der Waals surface area contributed by atoms with Crippen molar-refractivity contribution < 1.29 is 18.4 Å². The predicted molar refractivity (Wildman–Crippen MR) is 104 cm³/mol. The van der Waals surface area contributed by atoms with Crippen LogP contribution in [-0.2, 0) is 13.6 Å². The molecule has 140 valence electrons. The highest BCUT2D eigenvalue weighted by atomic mass is 35.5. The summed E-state index contributed by atoms with van der Waals surface area (Å²) in [5.74, 6) is -0.942. The van der Waals surface area contributed by atoms with Crippen LogP contribution in [0.3, 0.4) is 0 Å². The second-order valence-corrected chi connectivity index (χ2v) is 7.85. The van der Waals surface area contributed by atoms with E-state index in [1.54, 1.807) is 62.4 Å². The molecule has 2 N–H and O–H groups in total. The molecule has 0 saturated heterocycles. The van der Waals surface area contributed by atoms with Crippen molar-refractivity contribution >= 4 is 30.9 Å². The van der Waals surface area contributed by atoms with Crippen LogP contribution in [0.1, 0.15) is 25.2 Å². The lowest BCUT2D eigenvalue weighted by Crippen LogP contribution is -2.33. The first-order valence-electron chi connectivity index (χ1n) is 8.25. The summed E-state index contributed by atoms with van der Waals surface area (Å²) < 4.78 is 24.1. The lowest BCUT2D eigenvalue weighted by molar-refractivity contribution is 0.205. The van der Waals surface area contributed by atoms with Gasteiger partial charge in [0.05, 0.1) is 13.2 Å². The molecule has 2 amide bonds. The largest absolute Gasteiger partial charge is 0.357 e. The van der Waals surface area contributed by atoms with E-state index in [2.05, 4.69) is 10.6 Å². The molecular weight excluding hydrogens is 375 g/mol. The first-order chi connectivity index (χ1) is 12.5. The van der Waals surface area contributed by atoms with E-state index in [-0.39, 0.29) is 13.2 Å². The van der Waals surface area contributed by atoms with Crippen molar-refractivity contribution in [1.29, 1.82) is 0 Å². The molecule has 0 radical (unpaired) electrons. The lowest BCUT2D eigenvalue weighted by atomic mass is 10.2. The molecule has 2 aromatic carbocycles. The topological polar surface area (TPSA) is 76.7 Å². The van der Waals surface area contributed by atoms with Gasteiger partial charge in [-0.3, -0.25) is 4.57 Å². The van der Waals surface area contributed by atoms with Gasteiger partial charge in [-0.1, -0.05) is 48.0 Å². The molecule has 0 aliphatic carbocycles. The maximum absolute atomic E-state index is 13.2. The Balaban J connectivity index is 2.26. The predicted octanol–water partition coefficient (Wildman–Crippen LogP) is 5.43. The fraction of sp³-hybridized carbons (Fsp3) is 0.278. The molecule has 2 aromatic rings. The number of benzene rings is 2. The first kappa shape index (κ1) is 20.5. The summed E-state index contributed by atoms with van der Waals surface area (Å²) in [6.07, 6.45) is 0. The van der Waals surface area contributed by atoms with Crippen LogP contribution in [0.2, 0.25) is 5.02 Å². The summed E-state index contributed by atoms with van der Waals surface area (Å²) in [4.78, 5) is 12.5. The van der Waals surface area contributed by atoms with Gasteiger partial charge in [0, 0.05) is 10.7 Å². The average molecular weight is 397 g/mol. The van der Waals surface area contributed by atoms with Crippen LogP contribution >= 0.6 is 19.2 Å². The number of carbonyl (C=O) groups is 1. The Morgan fingerprint density at radius 2 is 1.73 bits per heavy atom. The molecule has 0 aliphatic heterocycles. The number of anilines is 1. The monoisotopic (exact) mass is 396 g/mol. The zero-order valence-corrected chi connectivity index (χ0v) is 16.3. The molecular formula is C18H22ClN2O4P. The van der Waals surface area contributed by atoms with E-state index in [0.717, 1.165) is 0 Å². The summed E-state index contributed by atoms with van der Waals surface area (Å²) >= 11 is 5.93. The zero-order chi connectivity index (χ0) is 19.0. The van der Waals surface area contributed by atoms with Gasteiger partial charge in [-0.2, -0.15) is 0 Å². The number of amides is 2. The van der Waals surface area contributed by atoms with Crippen LogP contribution in [0.15, 0.2) is 54.6 Å². The molecule has 0 fully saturated rings. The van der Waals surface area contributed by atoms with Crippen LogP contribution in [0, 0.1) is 0 Å². The normalized spacial score (nSPS) is 12.4. The van der Waals surface area contributed by atoms with Gasteiger partial charge in [0.1, 0.15) is 0 Å². The lowest BCUT2D eigenvalue weighted by Gasteiger charge is -2.27. The molecule has 1 atom stereocenters. The third-order valence-electron chi connectivity index (χ3n) is 3.40. The summed E-state index contributed by atoms with van der Waals surface area (Å²) in [5, 5.41) is 5.87. The average Bonchev–Trinajstić information content (AvgIpc) is 2.61. The number of carbonyl (C=O) groups excluding carboxylic acids is 1. The van der Waals surface area contributed by atoms with Crippen molar-refractivity contribution in [3.8, 4) is 0 Å². The van der Waals surface area contributed by atoms with Crippen molar-refractivity contribution in [1.82, 2.24) is 5.32 Å². The maximum Gasteiger partial charge on any atom is 0.357 e. The molecule has 26 heavy (non-hydrogen) atoms. The highest BCUT2D eigenvalue weighted by Gasteiger charge is 2.38. The highest BCUT2D eigenvalue weighted by Crippen LogP contribution is 2.59. The summed E-state index contributed by atoms with van der Waals surface area (Å²) in [6, 6.07) is 15.1. The Bertz CT molecular complexity index is 763. The standard InChI is InChI=1S/C18H22ClN2O4P/c1-3-24-26(23,25-4-2)17(14-9-6-5-7-10-14)21-18(22)20-16-12-8-11-15(19)13-16/h5-13,17H,3-4H2,1-2H3,(H2,20,21,22)/t17-/m0/s1. The van der Waals surface area contributed by atoms with Gasteiger partial charge in [0.2, 0.25) is 0 Å². The van der Waals surface area contributed by atoms with Crippen LogP contribution in [0.5, 0.6) is 0 Å². The molecule has 0 bridgehead atoms. The van der Waals surface area contributed by atoms with E-state index in [9.17, 15) is 9.36 Å². The van der Waals surface area contributed by atoms with Gasteiger partial charge in [-0.15, -0.1) is 0 Å². The third-order valence-corrected chi connectivity index (χ3v) is 5.93. The fourth-order valence-corrected chi connectivity index (χ4v) is 4.48. The molecule has 0 heterocycles. The number of hydrogen-bond acceptors (Lipinski definition) is 4. The maximum atomic E-state index is 13.2. The smallest absolute Gasteiger partial charge is 0.320 e. The Morgan fingerprint density at radius 1 is 1.08 bits per heavy atom. The van der Waals surface area contributed by atoms with Crippen molar-refractivity contribution in [2.24, 2.45) is 0 Å². The zero-order valence-electron chi connectivity index (χ0n) is 14.6. The number of rotatable bonds is 8. The minimum atomic E-state index is -3.62. The third kappa shape index (κ3) is 5.58. The summed E-state index contributed by atoms with van der Waals surface area (Å²) in [7, 11) is -3.62. The van der Waals surface area contributed by atoms with Crippen molar-refractivity contribution in [2.45, 2.75) is 19.6 Å². The van der Waals surface area contributed by atoms with Gasteiger partial charge >= 0.3 is 13.6 Å². The van der Waals surface area contributed by atoms with E-state index < -0.39 is 19.4 Å². The van der Waals surface area contributed by atoms with Gasteiger partial charge in [-0.25, -0.2) is 4.79 Å². The number of urea groups is 1. The van der Waals surface area contributed by atoms with E-state index in [4.69, 9.17) is 20.6 Å². The number of halogens is 1.